The van der Waals surface area contributed by atoms with Crippen molar-refractivity contribution in [2.45, 2.75) is 23.8 Å². The molecule has 0 amide bonds. The molecule has 0 saturated heterocycles. The minimum absolute atomic E-state index is 0.0620. The SMILES string of the molecule is COCCCC(NS(=O)(=O)c1cccnc1)C(=O)O. The third kappa shape index (κ3) is 4.93. The zero-order valence-corrected chi connectivity index (χ0v) is 11.3. The molecule has 8 heteroatoms. The lowest BCUT2D eigenvalue weighted by Gasteiger charge is -2.14. The first-order valence-corrected chi connectivity index (χ1v) is 7.10. The van der Waals surface area contributed by atoms with Gasteiger partial charge < -0.3 is 9.84 Å². The standard InChI is InChI=1S/C11H16N2O5S/c1-18-7-3-5-10(11(14)15)13-19(16,17)9-4-2-6-12-8-9/h2,4,6,8,10,13H,3,5,7H2,1H3,(H,14,15). The van der Waals surface area contributed by atoms with Crippen molar-refractivity contribution in [3.8, 4) is 0 Å². The van der Waals surface area contributed by atoms with Crippen LogP contribution in [0.2, 0.25) is 0 Å². The van der Waals surface area contributed by atoms with E-state index in [1.54, 1.807) is 0 Å². The van der Waals surface area contributed by atoms with E-state index in [2.05, 4.69) is 9.71 Å². The summed E-state index contributed by atoms with van der Waals surface area (Å²) in [6, 6.07) is 1.64. The zero-order chi connectivity index (χ0) is 14.3. The minimum Gasteiger partial charge on any atom is -0.480 e. The van der Waals surface area contributed by atoms with E-state index in [1.807, 2.05) is 0 Å². The van der Waals surface area contributed by atoms with E-state index in [0.29, 0.717) is 13.0 Å². The van der Waals surface area contributed by atoms with Crippen LogP contribution in [0.4, 0.5) is 0 Å². The van der Waals surface area contributed by atoms with Crippen LogP contribution in [0.5, 0.6) is 0 Å². The van der Waals surface area contributed by atoms with Gasteiger partial charge in [0.05, 0.1) is 0 Å². The summed E-state index contributed by atoms with van der Waals surface area (Å²) in [5.41, 5.74) is 0. The maximum absolute atomic E-state index is 11.9. The molecular formula is C11H16N2O5S. The number of aliphatic carboxylic acids is 1. The van der Waals surface area contributed by atoms with Gasteiger partial charge in [0.2, 0.25) is 10.0 Å². The van der Waals surface area contributed by atoms with Crippen LogP contribution in [0.25, 0.3) is 0 Å². The van der Waals surface area contributed by atoms with Gasteiger partial charge in [-0.3, -0.25) is 9.78 Å². The van der Waals surface area contributed by atoms with Crippen LogP contribution in [-0.4, -0.2) is 44.2 Å². The normalized spacial score (nSPS) is 13.1. The summed E-state index contributed by atoms with van der Waals surface area (Å²) in [6.45, 7) is 0.373. The van der Waals surface area contributed by atoms with E-state index >= 15 is 0 Å². The summed E-state index contributed by atoms with van der Waals surface area (Å²) in [5.74, 6) is -1.22. The first-order valence-electron chi connectivity index (χ1n) is 5.61. The quantitative estimate of drug-likeness (QED) is 0.664. The van der Waals surface area contributed by atoms with E-state index in [-0.39, 0.29) is 11.3 Å². The number of pyridine rings is 1. The average Bonchev–Trinajstić information content (AvgIpc) is 2.38. The molecule has 0 aliphatic rings. The molecule has 2 N–H and O–H groups in total. The Hall–Kier alpha value is -1.51. The number of aromatic nitrogens is 1. The fourth-order valence-electron chi connectivity index (χ4n) is 1.43. The molecule has 0 aliphatic carbocycles. The maximum Gasteiger partial charge on any atom is 0.321 e. The van der Waals surface area contributed by atoms with Crippen molar-refractivity contribution in [3.05, 3.63) is 24.5 Å². The number of nitrogens with zero attached hydrogens (tertiary/aromatic N) is 1. The lowest BCUT2D eigenvalue weighted by Crippen LogP contribution is -2.40. The van der Waals surface area contributed by atoms with Crippen LogP contribution in [0.1, 0.15) is 12.8 Å². The summed E-state index contributed by atoms with van der Waals surface area (Å²) in [7, 11) is -2.38. The Morgan fingerprint density at radius 1 is 1.58 bits per heavy atom. The van der Waals surface area contributed by atoms with Gasteiger partial charge in [0, 0.05) is 26.1 Å². The molecule has 0 fully saturated rings. The zero-order valence-electron chi connectivity index (χ0n) is 10.4. The molecule has 0 aliphatic heterocycles. The topological polar surface area (TPSA) is 106 Å². The van der Waals surface area contributed by atoms with Gasteiger partial charge in [-0.2, -0.15) is 4.72 Å². The molecule has 0 aromatic carbocycles. The van der Waals surface area contributed by atoms with Gasteiger partial charge in [0.15, 0.2) is 0 Å². The molecule has 1 unspecified atom stereocenters. The van der Waals surface area contributed by atoms with E-state index in [4.69, 9.17) is 9.84 Å². The molecule has 1 atom stereocenters. The molecule has 1 aromatic heterocycles. The summed E-state index contributed by atoms with van der Waals surface area (Å²) in [6.07, 6.45) is 3.20. The highest BCUT2D eigenvalue weighted by Gasteiger charge is 2.24. The highest BCUT2D eigenvalue weighted by molar-refractivity contribution is 7.89. The fraction of sp³-hybridized carbons (Fsp3) is 0.455. The van der Waals surface area contributed by atoms with Crippen molar-refractivity contribution in [1.29, 1.82) is 0 Å². The van der Waals surface area contributed by atoms with Crippen LogP contribution in [0, 0.1) is 0 Å². The Labute approximate surface area is 111 Å². The Morgan fingerprint density at radius 3 is 2.84 bits per heavy atom. The van der Waals surface area contributed by atoms with E-state index in [9.17, 15) is 13.2 Å². The molecule has 0 spiro atoms. The molecule has 7 nitrogen and oxygen atoms in total. The number of carboxylic acids is 1. The van der Waals surface area contributed by atoms with Crippen molar-refractivity contribution in [1.82, 2.24) is 9.71 Å². The fourth-order valence-corrected chi connectivity index (χ4v) is 2.61. The lowest BCUT2D eigenvalue weighted by molar-refractivity contribution is -0.139. The molecule has 0 radical (unpaired) electrons. The monoisotopic (exact) mass is 288 g/mol. The molecular weight excluding hydrogens is 272 g/mol. The number of hydrogen-bond acceptors (Lipinski definition) is 5. The number of sulfonamides is 1. The number of nitrogens with one attached hydrogen (secondary N) is 1. The first-order chi connectivity index (χ1) is 8.97. The molecule has 0 saturated carbocycles. The Morgan fingerprint density at radius 2 is 2.32 bits per heavy atom. The number of ether oxygens (including phenoxy) is 1. The Kier molecular flexibility index (Phi) is 5.87. The average molecular weight is 288 g/mol. The summed E-state index contributed by atoms with van der Waals surface area (Å²) >= 11 is 0. The van der Waals surface area contributed by atoms with Crippen LogP contribution in [0.15, 0.2) is 29.4 Å². The Balaban J connectivity index is 2.76. The summed E-state index contributed by atoms with van der Waals surface area (Å²) in [5, 5.41) is 9.00. The largest absolute Gasteiger partial charge is 0.480 e. The molecule has 1 rings (SSSR count). The van der Waals surface area contributed by atoms with Gasteiger partial charge in [-0.05, 0) is 25.0 Å². The summed E-state index contributed by atoms with van der Waals surface area (Å²) in [4.78, 5) is 14.6. The highest BCUT2D eigenvalue weighted by Crippen LogP contribution is 2.08. The van der Waals surface area contributed by atoms with Gasteiger partial charge in [0.1, 0.15) is 10.9 Å². The number of carbonyl (C=O) groups is 1. The second-order valence-electron chi connectivity index (χ2n) is 3.84. The number of rotatable bonds is 8. The minimum atomic E-state index is -3.88. The van der Waals surface area contributed by atoms with Crippen molar-refractivity contribution < 1.29 is 23.1 Å². The van der Waals surface area contributed by atoms with Gasteiger partial charge in [0.25, 0.3) is 0 Å². The lowest BCUT2D eigenvalue weighted by atomic mass is 10.2. The second kappa shape index (κ2) is 7.17. The number of methoxy groups -OCH3 is 1. The van der Waals surface area contributed by atoms with Crippen LogP contribution < -0.4 is 4.72 Å². The van der Waals surface area contributed by atoms with Crippen LogP contribution in [-0.2, 0) is 19.6 Å². The van der Waals surface area contributed by atoms with Gasteiger partial charge in [-0.1, -0.05) is 0 Å². The predicted molar refractivity (Wildman–Crippen MR) is 67.1 cm³/mol. The van der Waals surface area contributed by atoms with E-state index in [0.717, 1.165) is 6.20 Å². The van der Waals surface area contributed by atoms with Crippen molar-refractivity contribution in [2.24, 2.45) is 0 Å². The highest BCUT2D eigenvalue weighted by atomic mass is 32.2. The van der Waals surface area contributed by atoms with Crippen LogP contribution >= 0.6 is 0 Å². The second-order valence-corrected chi connectivity index (χ2v) is 5.55. The van der Waals surface area contributed by atoms with Crippen molar-refractivity contribution in [2.75, 3.05) is 13.7 Å². The molecule has 1 heterocycles. The van der Waals surface area contributed by atoms with Gasteiger partial charge in [-0.15, -0.1) is 0 Å². The third-order valence-corrected chi connectivity index (χ3v) is 3.84. The predicted octanol–water partition coefficient (Wildman–Crippen LogP) is 0.240. The molecule has 106 valence electrons. The van der Waals surface area contributed by atoms with Crippen molar-refractivity contribution >= 4 is 16.0 Å². The van der Waals surface area contributed by atoms with Gasteiger partial charge in [-0.25, -0.2) is 8.42 Å². The third-order valence-electron chi connectivity index (χ3n) is 2.38. The molecule has 1 aromatic rings. The smallest absolute Gasteiger partial charge is 0.321 e. The Bertz CT molecular complexity index is 503. The molecule has 19 heavy (non-hydrogen) atoms. The van der Waals surface area contributed by atoms with E-state index < -0.39 is 22.0 Å². The van der Waals surface area contributed by atoms with E-state index in [1.165, 1.54) is 25.4 Å². The summed E-state index contributed by atoms with van der Waals surface area (Å²) < 4.78 is 30.8. The number of hydrogen-bond donors (Lipinski definition) is 2. The van der Waals surface area contributed by atoms with Gasteiger partial charge >= 0.3 is 5.97 Å². The van der Waals surface area contributed by atoms with Crippen LogP contribution in [0.3, 0.4) is 0 Å². The maximum atomic E-state index is 11.9. The number of carboxylic acid groups (broad SMARTS) is 1. The van der Waals surface area contributed by atoms with Crippen molar-refractivity contribution in [3.63, 3.8) is 0 Å². The molecule has 0 bridgehead atoms. The first kappa shape index (κ1) is 15.5.